The van der Waals surface area contributed by atoms with E-state index >= 15 is 0 Å². The summed E-state index contributed by atoms with van der Waals surface area (Å²) in [6.07, 6.45) is 3.22. The minimum atomic E-state index is -1.23. The van der Waals surface area contributed by atoms with Crippen molar-refractivity contribution in [1.29, 1.82) is 0 Å². The van der Waals surface area contributed by atoms with Gasteiger partial charge in [0.25, 0.3) is 0 Å². The van der Waals surface area contributed by atoms with Crippen molar-refractivity contribution in [2.75, 3.05) is 20.3 Å². The lowest BCUT2D eigenvalue weighted by molar-refractivity contribution is -0.150. The molecule has 1 aromatic carbocycles. The third-order valence-electron chi connectivity index (χ3n) is 3.06. The topological polar surface area (TPSA) is 61.5 Å². The van der Waals surface area contributed by atoms with E-state index in [4.69, 9.17) is 15.2 Å². The van der Waals surface area contributed by atoms with Crippen molar-refractivity contribution in [3.05, 3.63) is 35.9 Å². The van der Waals surface area contributed by atoms with Crippen LogP contribution < -0.4 is 5.73 Å². The van der Waals surface area contributed by atoms with Gasteiger partial charge in [0.05, 0.1) is 13.7 Å². The number of hydrogen-bond donors (Lipinski definition) is 1. The molecule has 106 valence electrons. The average molecular weight is 265 g/mol. The van der Waals surface area contributed by atoms with Gasteiger partial charge in [-0.3, -0.25) is 0 Å². The van der Waals surface area contributed by atoms with Gasteiger partial charge >= 0.3 is 5.97 Å². The normalized spacial score (nSPS) is 13.8. The van der Waals surface area contributed by atoms with E-state index < -0.39 is 11.5 Å². The third-order valence-corrected chi connectivity index (χ3v) is 3.06. The number of ether oxygens (including phenoxy) is 2. The summed E-state index contributed by atoms with van der Waals surface area (Å²) < 4.78 is 10.4. The number of benzene rings is 1. The molecule has 0 bridgehead atoms. The Labute approximate surface area is 114 Å². The van der Waals surface area contributed by atoms with E-state index in [-0.39, 0.29) is 6.61 Å². The Morgan fingerprint density at radius 2 is 1.95 bits per heavy atom. The van der Waals surface area contributed by atoms with Crippen molar-refractivity contribution in [3.8, 4) is 0 Å². The fourth-order valence-electron chi connectivity index (χ4n) is 1.87. The zero-order chi connectivity index (χ0) is 14.1. The number of rotatable bonds is 8. The van der Waals surface area contributed by atoms with E-state index in [1.807, 2.05) is 30.3 Å². The molecule has 0 aromatic heterocycles. The summed E-state index contributed by atoms with van der Waals surface area (Å²) in [7, 11) is 1.34. The molecular formula is C15H23NO3. The summed E-state index contributed by atoms with van der Waals surface area (Å²) >= 11 is 0. The van der Waals surface area contributed by atoms with Crippen molar-refractivity contribution >= 4 is 5.97 Å². The summed E-state index contributed by atoms with van der Waals surface area (Å²) in [5.41, 5.74) is 5.66. The molecule has 0 amide bonds. The van der Waals surface area contributed by atoms with Gasteiger partial charge < -0.3 is 15.2 Å². The molecule has 0 saturated carbocycles. The van der Waals surface area contributed by atoms with Gasteiger partial charge in [-0.05, 0) is 12.0 Å². The molecule has 0 aliphatic carbocycles. The van der Waals surface area contributed by atoms with Crippen LogP contribution in [-0.2, 0) is 19.8 Å². The molecule has 0 aliphatic rings. The Balaban J connectivity index is 2.69. The highest BCUT2D eigenvalue weighted by atomic mass is 16.5. The van der Waals surface area contributed by atoms with Crippen LogP contribution in [0.25, 0.3) is 0 Å². The summed E-state index contributed by atoms with van der Waals surface area (Å²) in [6, 6.07) is 9.19. The molecule has 0 heterocycles. The molecule has 0 spiro atoms. The van der Waals surface area contributed by atoms with Gasteiger partial charge in [0.2, 0.25) is 0 Å². The van der Waals surface area contributed by atoms with Crippen molar-refractivity contribution in [2.24, 2.45) is 5.73 Å². The average Bonchev–Trinajstić information content (AvgIpc) is 2.46. The van der Waals surface area contributed by atoms with Crippen LogP contribution in [0.4, 0.5) is 0 Å². The van der Waals surface area contributed by atoms with Crippen molar-refractivity contribution in [2.45, 2.75) is 31.7 Å². The monoisotopic (exact) mass is 265 g/mol. The van der Waals surface area contributed by atoms with Crippen LogP contribution in [0.3, 0.4) is 0 Å². The van der Waals surface area contributed by atoms with Gasteiger partial charge in [0, 0.05) is 6.61 Å². The second-order valence-electron chi connectivity index (χ2n) is 4.59. The molecule has 4 nitrogen and oxygen atoms in total. The van der Waals surface area contributed by atoms with E-state index in [0.717, 1.165) is 19.3 Å². The van der Waals surface area contributed by atoms with Gasteiger partial charge in [-0.2, -0.15) is 0 Å². The minimum Gasteiger partial charge on any atom is -0.467 e. The predicted octanol–water partition coefficient (Wildman–Crippen LogP) is 2.22. The number of methoxy groups -OCH3 is 1. The van der Waals surface area contributed by atoms with Crippen molar-refractivity contribution in [3.63, 3.8) is 0 Å². The fraction of sp³-hybridized carbons (Fsp3) is 0.533. The van der Waals surface area contributed by atoms with Gasteiger partial charge in [-0.25, -0.2) is 4.79 Å². The summed E-state index contributed by atoms with van der Waals surface area (Å²) in [5, 5.41) is 0. The maximum absolute atomic E-state index is 11.9. The Hall–Kier alpha value is -1.39. The number of hydrogen-bond acceptors (Lipinski definition) is 4. The second kappa shape index (κ2) is 7.92. The third kappa shape index (κ3) is 4.33. The number of esters is 1. The van der Waals surface area contributed by atoms with E-state index in [9.17, 15) is 4.79 Å². The van der Waals surface area contributed by atoms with Crippen LogP contribution in [0.5, 0.6) is 0 Å². The van der Waals surface area contributed by atoms with Gasteiger partial charge in [-0.15, -0.1) is 0 Å². The molecule has 0 saturated heterocycles. The zero-order valence-electron chi connectivity index (χ0n) is 11.7. The number of carbonyl (C=O) groups is 1. The number of nitrogens with two attached hydrogens (primary N) is 1. The summed E-state index contributed by atoms with van der Waals surface area (Å²) in [5.74, 6) is -0.478. The lowest BCUT2D eigenvalue weighted by Crippen LogP contribution is -2.49. The molecule has 0 aliphatic heterocycles. The summed E-state index contributed by atoms with van der Waals surface area (Å²) in [4.78, 5) is 11.9. The van der Waals surface area contributed by atoms with E-state index in [1.165, 1.54) is 7.11 Å². The molecular weight excluding hydrogens is 242 g/mol. The van der Waals surface area contributed by atoms with Crippen LogP contribution in [0.2, 0.25) is 0 Å². The molecule has 1 atom stereocenters. The predicted molar refractivity (Wildman–Crippen MR) is 74.7 cm³/mol. The maximum atomic E-state index is 11.9. The molecule has 1 rings (SSSR count). The largest absolute Gasteiger partial charge is 0.467 e. The Kier molecular flexibility index (Phi) is 6.53. The quantitative estimate of drug-likeness (QED) is 0.578. The van der Waals surface area contributed by atoms with Crippen LogP contribution in [0.15, 0.2) is 30.3 Å². The lowest BCUT2D eigenvalue weighted by Gasteiger charge is -2.26. The van der Waals surface area contributed by atoms with E-state index in [0.29, 0.717) is 12.2 Å². The number of carbonyl (C=O) groups excluding carboxylic acids is 1. The van der Waals surface area contributed by atoms with Crippen LogP contribution >= 0.6 is 0 Å². The van der Waals surface area contributed by atoms with Gasteiger partial charge in [0.15, 0.2) is 5.54 Å². The number of unbranched alkanes of at least 4 members (excludes halogenated alkanes) is 2. The molecule has 0 fully saturated rings. The molecule has 0 radical (unpaired) electrons. The van der Waals surface area contributed by atoms with E-state index in [1.54, 1.807) is 0 Å². The van der Waals surface area contributed by atoms with E-state index in [2.05, 4.69) is 6.92 Å². The first-order valence-electron chi connectivity index (χ1n) is 6.65. The molecule has 1 aromatic rings. The molecule has 4 heteroatoms. The molecule has 2 N–H and O–H groups in total. The highest BCUT2D eigenvalue weighted by molar-refractivity contribution is 5.82. The van der Waals surface area contributed by atoms with Gasteiger partial charge in [0.1, 0.15) is 0 Å². The van der Waals surface area contributed by atoms with Crippen LogP contribution in [0.1, 0.15) is 31.7 Å². The maximum Gasteiger partial charge on any atom is 0.332 e. The molecule has 1 unspecified atom stereocenters. The first-order valence-corrected chi connectivity index (χ1v) is 6.65. The van der Waals surface area contributed by atoms with Crippen molar-refractivity contribution in [1.82, 2.24) is 0 Å². The molecule has 19 heavy (non-hydrogen) atoms. The minimum absolute atomic E-state index is 0.132. The smallest absolute Gasteiger partial charge is 0.332 e. The Bertz CT molecular complexity index is 380. The highest BCUT2D eigenvalue weighted by Gasteiger charge is 2.37. The van der Waals surface area contributed by atoms with Crippen LogP contribution in [0, 0.1) is 0 Å². The first-order chi connectivity index (χ1) is 9.15. The summed E-state index contributed by atoms with van der Waals surface area (Å²) in [6.45, 7) is 2.87. The van der Waals surface area contributed by atoms with Gasteiger partial charge in [-0.1, -0.05) is 50.1 Å². The zero-order valence-corrected chi connectivity index (χ0v) is 11.7. The van der Waals surface area contributed by atoms with Crippen molar-refractivity contribution < 1.29 is 14.3 Å². The van der Waals surface area contributed by atoms with Crippen LogP contribution in [-0.4, -0.2) is 26.3 Å². The lowest BCUT2D eigenvalue weighted by atomic mass is 9.92. The first kappa shape index (κ1) is 15.7. The SMILES string of the molecule is CCCCCOCC(N)(C(=O)OC)c1ccccc1. The highest BCUT2D eigenvalue weighted by Crippen LogP contribution is 2.20. The Morgan fingerprint density at radius 3 is 2.53 bits per heavy atom. The Morgan fingerprint density at radius 1 is 1.26 bits per heavy atom. The fourth-order valence-corrected chi connectivity index (χ4v) is 1.87. The second-order valence-corrected chi connectivity index (χ2v) is 4.59. The standard InChI is InChI=1S/C15H23NO3/c1-3-4-8-11-19-12-15(16,14(17)18-2)13-9-6-5-7-10-13/h5-7,9-10H,3-4,8,11-12,16H2,1-2H3.